The lowest BCUT2D eigenvalue weighted by molar-refractivity contribution is 0.124. The highest BCUT2D eigenvalue weighted by molar-refractivity contribution is 7.11. The molecule has 1 aliphatic carbocycles. The van der Waals surface area contributed by atoms with E-state index in [1.807, 2.05) is 11.3 Å². The van der Waals surface area contributed by atoms with E-state index in [4.69, 9.17) is 4.98 Å². The first-order chi connectivity index (χ1) is 9.29. The van der Waals surface area contributed by atoms with Crippen molar-refractivity contribution in [3.63, 3.8) is 0 Å². The molecule has 0 saturated heterocycles. The van der Waals surface area contributed by atoms with E-state index in [9.17, 15) is 0 Å². The quantitative estimate of drug-likeness (QED) is 0.847. The number of aryl methyl sites for hydroxylation is 2. The number of nitrogens with one attached hydrogen (secondary N) is 1. The Kier molecular flexibility index (Phi) is 4.91. The third kappa shape index (κ3) is 3.62. The Morgan fingerprint density at radius 2 is 1.85 bits per heavy atom. The topological polar surface area (TPSA) is 24.9 Å². The fraction of sp³-hybridized carbons (Fsp3) is 0.824. The molecule has 114 valence electrons. The summed E-state index contributed by atoms with van der Waals surface area (Å²) >= 11 is 1.81. The summed E-state index contributed by atoms with van der Waals surface area (Å²) in [5, 5.41) is 5.07. The minimum absolute atomic E-state index is 0.368. The van der Waals surface area contributed by atoms with Gasteiger partial charge in [0, 0.05) is 17.0 Å². The molecule has 20 heavy (non-hydrogen) atoms. The first kappa shape index (κ1) is 16.0. The third-order valence-corrected chi connectivity index (χ3v) is 5.59. The van der Waals surface area contributed by atoms with Gasteiger partial charge in [0.2, 0.25) is 0 Å². The molecule has 0 aliphatic heterocycles. The Bertz CT molecular complexity index is 444. The van der Waals surface area contributed by atoms with Gasteiger partial charge < -0.3 is 5.32 Å². The van der Waals surface area contributed by atoms with Crippen molar-refractivity contribution < 1.29 is 0 Å². The molecular formula is C17H30N2S. The van der Waals surface area contributed by atoms with Gasteiger partial charge in [-0.1, -0.05) is 33.6 Å². The maximum absolute atomic E-state index is 4.72. The lowest BCUT2D eigenvalue weighted by atomic mass is 9.69. The van der Waals surface area contributed by atoms with Crippen LogP contribution in [0.2, 0.25) is 0 Å². The summed E-state index contributed by atoms with van der Waals surface area (Å²) in [5.74, 6) is 0.777. The number of thiazole rings is 1. The van der Waals surface area contributed by atoms with Crippen LogP contribution in [0.1, 0.15) is 75.0 Å². The van der Waals surface area contributed by atoms with Gasteiger partial charge in [-0.05, 0) is 44.9 Å². The summed E-state index contributed by atoms with van der Waals surface area (Å²) in [4.78, 5) is 6.09. The van der Waals surface area contributed by atoms with Crippen LogP contribution in [0.4, 0.5) is 0 Å². The van der Waals surface area contributed by atoms with E-state index in [-0.39, 0.29) is 0 Å². The lowest BCUT2D eigenvalue weighted by Crippen LogP contribution is -2.45. The van der Waals surface area contributed by atoms with Gasteiger partial charge in [-0.2, -0.15) is 0 Å². The van der Waals surface area contributed by atoms with Crippen molar-refractivity contribution in [2.45, 2.75) is 79.3 Å². The van der Waals surface area contributed by atoms with Crippen molar-refractivity contribution in [3.8, 4) is 0 Å². The number of rotatable bonds is 3. The highest BCUT2D eigenvalue weighted by Gasteiger charge is 2.35. The van der Waals surface area contributed by atoms with Crippen molar-refractivity contribution >= 4 is 11.3 Å². The second kappa shape index (κ2) is 6.15. The van der Waals surface area contributed by atoms with Gasteiger partial charge >= 0.3 is 0 Å². The Morgan fingerprint density at radius 1 is 1.20 bits per heavy atom. The first-order valence-corrected chi connectivity index (χ1v) is 8.80. The van der Waals surface area contributed by atoms with Crippen molar-refractivity contribution in [2.75, 3.05) is 0 Å². The molecule has 1 aromatic heterocycles. The second-order valence-corrected chi connectivity index (χ2v) is 8.83. The average molecular weight is 295 g/mol. The van der Waals surface area contributed by atoms with Crippen LogP contribution >= 0.6 is 11.3 Å². The van der Waals surface area contributed by atoms with E-state index < -0.39 is 0 Å². The molecule has 1 aliphatic rings. The smallest absolute Gasteiger partial charge is 0.0900 e. The van der Waals surface area contributed by atoms with E-state index in [2.05, 4.69) is 46.9 Å². The van der Waals surface area contributed by atoms with Gasteiger partial charge in [-0.15, -0.1) is 11.3 Å². The number of hydrogen-bond acceptors (Lipinski definition) is 3. The van der Waals surface area contributed by atoms with Crippen LogP contribution in [0.15, 0.2) is 0 Å². The molecule has 1 saturated carbocycles. The number of hydrogen-bond donors (Lipinski definition) is 1. The number of aromatic nitrogens is 1. The van der Waals surface area contributed by atoms with Crippen LogP contribution in [-0.2, 0) is 0 Å². The highest BCUT2D eigenvalue weighted by Crippen LogP contribution is 2.39. The monoisotopic (exact) mass is 294 g/mol. The zero-order chi connectivity index (χ0) is 14.9. The molecular weight excluding hydrogens is 264 g/mol. The maximum Gasteiger partial charge on any atom is 0.0900 e. The van der Waals surface area contributed by atoms with Crippen LogP contribution in [0, 0.1) is 25.2 Å². The lowest BCUT2D eigenvalue weighted by Gasteiger charge is -2.42. The van der Waals surface area contributed by atoms with Crippen molar-refractivity contribution in [1.29, 1.82) is 0 Å². The van der Waals surface area contributed by atoms with Crippen LogP contribution in [-0.4, -0.2) is 11.0 Å². The van der Waals surface area contributed by atoms with Crippen molar-refractivity contribution in [1.82, 2.24) is 10.3 Å². The molecule has 0 bridgehead atoms. The summed E-state index contributed by atoms with van der Waals surface area (Å²) in [5.41, 5.74) is 1.65. The van der Waals surface area contributed by atoms with Gasteiger partial charge in [-0.3, -0.25) is 0 Å². The van der Waals surface area contributed by atoms with Crippen LogP contribution in [0.25, 0.3) is 0 Å². The molecule has 0 amide bonds. The van der Waals surface area contributed by atoms with Crippen molar-refractivity contribution in [2.24, 2.45) is 11.3 Å². The van der Waals surface area contributed by atoms with E-state index >= 15 is 0 Å². The molecule has 1 N–H and O–H groups in total. The van der Waals surface area contributed by atoms with E-state index in [1.165, 1.54) is 41.3 Å². The molecule has 1 aromatic rings. The van der Waals surface area contributed by atoms with Gasteiger partial charge in [-0.25, -0.2) is 4.98 Å². The maximum atomic E-state index is 4.72. The Hall–Kier alpha value is -0.410. The second-order valence-electron chi connectivity index (χ2n) is 7.43. The standard InChI is InChI=1S/C17H30N2S/c1-11(16-12(2)20-13(3)19-16)18-15-10-8-7-9-14(15)17(4,5)6/h11,14-15,18H,7-10H2,1-6H3. The van der Waals surface area contributed by atoms with Gasteiger partial charge in [0.1, 0.15) is 0 Å². The molecule has 3 heteroatoms. The zero-order valence-corrected chi connectivity index (χ0v) is 14.7. The Morgan fingerprint density at radius 3 is 2.40 bits per heavy atom. The van der Waals surface area contributed by atoms with Crippen LogP contribution in [0.3, 0.4) is 0 Å². The summed E-state index contributed by atoms with van der Waals surface area (Å²) in [7, 11) is 0. The Labute approximate surface area is 128 Å². The normalized spacial score (nSPS) is 25.7. The molecule has 1 fully saturated rings. The molecule has 1 heterocycles. The van der Waals surface area contributed by atoms with Crippen LogP contribution in [0.5, 0.6) is 0 Å². The van der Waals surface area contributed by atoms with Gasteiger partial charge in [0.15, 0.2) is 0 Å². The summed E-state index contributed by atoms with van der Waals surface area (Å²) in [6, 6.07) is 1.01. The average Bonchev–Trinajstić information content (AvgIpc) is 2.68. The Balaban J connectivity index is 2.09. The summed E-state index contributed by atoms with van der Waals surface area (Å²) in [6.45, 7) is 13.7. The number of nitrogens with zero attached hydrogens (tertiary/aromatic N) is 1. The zero-order valence-electron chi connectivity index (χ0n) is 13.9. The molecule has 0 radical (unpaired) electrons. The minimum atomic E-state index is 0.368. The van der Waals surface area contributed by atoms with E-state index in [0.717, 1.165) is 5.92 Å². The van der Waals surface area contributed by atoms with Gasteiger partial charge in [0.05, 0.1) is 10.7 Å². The van der Waals surface area contributed by atoms with Gasteiger partial charge in [0.25, 0.3) is 0 Å². The third-order valence-electron chi connectivity index (χ3n) is 4.69. The van der Waals surface area contributed by atoms with Crippen molar-refractivity contribution in [3.05, 3.63) is 15.6 Å². The molecule has 0 spiro atoms. The molecule has 3 atom stereocenters. The van der Waals surface area contributed by atoms with Crippen LogP contribution < -0.4 is 5.32 Å². The molecule has 3 unspecified atom stereocenters. The summed E-state index contributed by atoms with van der Waals surface area (Å²) in [6.07, 6.45) is 5.44. The fourth-order valence-electron chi connectivity index (χ4n) is 3.71. The van der Waals surface area contributed by atoms with E-state index in [0.29, 0.717) is 17.5 Å². The largest absolute Gasteiger partial charge is 0.306 e. The SMILES string of the molecule is Cc1nc(C(C)NC2CCCCC2C(C)(C)C)c(C)s1. The first-order valence-electron chi connectivity index (χ1n) is 7.99. The highest BCUT2D eigenvalue weighted by atomic mass is 32.1. The predicted molar refractivity (Wildman–Crippen MR) is 88.3 cm³/mol. The molecule has 2 nitrogen and oxygen atoms in total. The molecule has 2 rings (SSSR count). The fourth-order valence-corrected chi connectivity index (χ4v) is 4.63. The minimum Gasteiger partial charge on any atom is -0.306 e. The molecule has 0 aromatic carbocycles. The van der Waals surface area contributed by atoms with E-state index in [1.54, 1.807) is 0 Å². The predicted octanol–water partition coefficient (Wildman–Crippen LogP) is 5.02. The summed E-state index contributed by atoms with van der Waals surface area (Å²) < 4.78 is 0.